The van der Waals surface area contributed by atoms with Gasteiger partial charge >= 0.3 is 0 Å². The van der Waals surface area contributed by atoms with Crippen molar-refractivity contribution in [1.82, 2.24) is 10.3 Å². The van der Waals surface area contributed by atoms with Gasteiger partial charge in [-0.05, 0) is 49.2 Å². The number of hydrogen-bond donors (Lipinski definition) is 3. The summed E-state index contributed by atoms with van der Waals surface area (Å²) in [5, 5.41) is 7.22. The third-order valence-corrected chi connectivity index (χ3v) is 6.85. The number of hydrogen-bond acceptors (Lipinski definition) is 3. The van der Waals surface area contributed by atoms with Crippen molar-refractivity contribution < 1.29 is 9.59 Å². The Morgan fingerprint density at radius 1 is 0.968 bits per heavy atom. The lowest BCUT2D eigenvalue weighted by Gasteiger charge is -2.21. The van der Waals surface area contributed by atoms with Crippen LogP contribution >= 0.6 is 11.8 Å². The minimum Gasteiger partial charge on any atom is -0.361 e. The Labute approximate surface area is 187 Å². The van der Waals surface area contributed by atoms with Crippen LogP contribution in [0.4, 0.5) is 5.69 Å². The summed E-state index contributed by atoms with van der Waals surface area (Å²) in [6, 6.07) is 15.5. The summed E-state index contributed by atoms with van der Waals surface area (Å²) in [6.07, 6.45) is 10.2. The zero-order valence-corrected chi connectivity index (χ0v) is 18.5. The maximum atomic E-state index is 12.9. The molecule has 0 unspecified atom stereocenters. The van der Waals surface area contributed by atoms with Gasteiger partial charge in [0.15, 0.2) is 0 Å². The number of aromatic amines is 1. The Morgan fingerprint density at radius 2 is 1.74 bits per heavy atom. The van der Waals surface area contributed by atoms with Gasteiger partial charge in [0.2, 0.25) is 5.91 Å². The molecule has 1 saturated carbocycles. The summed E-state index contributed by atoms with van der Waals surface area (Å²) >= 11 is 1.42. The largest absolute Gasteiger partial charge is 0.361 e. The second kappa shape index (κ2) is 10.5. The van der Waals surface area contributed by atoms with Gasteiger partial charge in [0.1, 0.15) is 0 Å². The molecule has 162 valence electrons. The SMILES string of the molecule is O=C(CSc1ccccc1C(=O)Nc1ccc2[nH]ccc2c1)NC1CCCCCCC1. The van der Waals surface area contributed by atoms with Gasteiger partial charge in [-0.2, -0.15) is 0 Å². The number of rotatable bonds is 6. The van der Waals surface area contributed by atoms with Crippen LogP contribution in [-0.2, 0) is 4.79 Å². The Kier molecular flexibility index (Phi) is 7.30. The van der Waals surface area contributed by atoms with Crippen molar-refractivity contribution in [3.63, 3.8) is 0 Å². The molecule has 31 heavy (non-hydrogen) atoms. The number of aromatic nitrogens is 1. The number of fused-ring (bicyclic) bond motifs is 1. The van der Waals surface area contributed by atoms with E-state index in [0.717, 1.165) is 34.3 Å². The molecule has 1 aliphatic carbocycles. The number of amides is 2. The lowest BCUT2D eigenvalue weighted by molar-refractivity contribution is -0.119. The molecule has 1 aliphatic rings. The van der Waals surface area contributed by atoms with Crippen molar-refractivity contribution in [2.75, 3.05) is 11.1 Å². The van der Waals surface area contributed by atoms with Crippen molar-refractivity contribution in [2.45, 2.75) is 55.9 Å². The van der Waals surface area contributed by atoms with Crippen molar-refractivity contribution in [3.05, 3.63) is 60.3 Å². The third kappa shape index (κ3) is 5.91. The van der Waals surface area contributed by atoms with E-state index in [4.69, 9.17) is 0 Å². The van der Waals surface area contributed by atoms with Gasteiger partial charge in [-0.3, -0.25) is 9.59 Å². The molecule has 0 bridgehead atoms. The first kappa shape index (κ1) is 21.5. The summed E-state index contributed by atoms with van der Waals surface area (Å²) in [5.74, 6) is 0.193. The smallest absolute Gasteiger partial charge is 0.256 e. The minimum absolute atomic E-state index is 0.0451. The first-order valence-corrected chi connectivity index (χ1v) is 12.1. The van der Waals surface area contributed by atoms with Crippen LogP contribution in [0.3, 0.4) is 0 Å². The molecular formula is C25H29N3O2S. The number of nitrogens with one attached hydrogen (secondary N) is 3. The highest BCUT2D eigenvalue weighted by atomic mass is 32.2. The van der Waals surface area contributed by atoms with Crippen LogP contribution in [0.5, 0.6) is 0 Å². The van der Waals surface area contributed by atoms with Gasteiger partial charge in [0.25, 0.3) is 5.91 Å². The van der Waals surface area contributed by atoms with Crippen LogP contribution in [0.2, 0.25) is 0 Å². The summed E-state index contributed by atoms with van der Waals surface area (Å²) in [4.78, 5) is 29.4. The first-order valence-electron chi connectivity index (χ1n) is 11.1. The van der Waals surface area contributed by atoms with Crippen molar-refractivity contribution >= 4 is 40.2 Å². The van der Waals surface area contributed by atoms with E-state index in [9.17, 15) is 9.59 Å². The number of anilines is 1. The number of benzene rings is 2. The molecule has 0 saturated heterocycles. The van der Waals surface area contributed by atoms with E-state index in [0.29, 0.717) is 11.3 Å². The molecule has 3 aromatic rings. The third-order valence-electron chi connectivity index (χ3n) is 5.77. The molecule has 1 heterocycles. The molecule has 2 aromatic carbocycles. The van der Waals surface area contributed by atoms with E-state index in [1.165, 1.54) is 43.9 Å². The van der Waals surface area contributed by atoms with Gasteiger partial charge in [-0.15, -0.1) is 11.8 Å². The first-order chi connectivity index (χ1) is 15.2. The number of thioether (sulfide) groups is 1. The Morgan fingerprint density at radius 3 is 2.58 bits per heavy atom. The lowest BCUT2D eigenvalue weighted by atomic mass is 9.97. The maximum absolute atomic E-state index is 12.9. The van der Waals surface area contributed by atoms with Gasteiger partial charge in [-0.25, -0.2) is 0 Å². The normalized spacial score (nSPS) is 15.2. The Hall–Kier alpha value is -2.73. The minimum atomic E-state index is -0.168. The van der Waals surface area contributed by atoms with E-state index >= 15 is 0 Å². The molecule has 1 fully saturated rings. The van der Waals surface area contributed by atoms with Crippen LogP contribution in [0.15, 0.2) is 59.6 Å². The highest BCUT2D eigenvalue weighted by Gasteiger charge is 2.16. The highest BCUT2D eigenvalue weighted by molar-refractivity contribution is 8.00. The van der Waals surface area contributed by atoms with Crippen LogP contribution < -0.4 is 10.6 Å². The standard InChI is InChI=1S/C25H29N3O2S/c29-24(27-19-8-4-2-1-3-5-9-19)17-31-23-11-7-6-10-21(23)25(30)28-20-12-13-22-18(16-20)14-15-26-22/h6-7,10-16,19,26H,1-5,8-9,17H2,(H,27,29)(H,28,30). The second-order valence-electron chi connectivity index (χ2n) is 8.13. The van der Waals surface area contributed by atoms with E-state index < -0.39 is 0 Å². The van der Waals surface area contributed by atoms with Crippen LogP contribution in [0.25, 0.3) is 10.9 Å². The molecule has 0 spiro atoms. The zero-order valence-electron chi connectivity index (χ0n) is 17.7. The fourth-order valence-corrected chi connectivity index (χ4v) is 4.98. The quantitative estimate of drug-likeness (QED) is 0.432. The molecular weight excluding hydrogens is 406 g/mol. The average molecular weight is 436 g/mol. The monoisotopic (exact) mass is 435 g/mol. The predicted octanol–water partition coefficient (Wildman–Crippen LogP) is 5.74. The summed E-state index contributed by atoms with van der Waals surface area (Å²) in [5.41, 5.74) is 2.36. The fraction of sp³-hybridized carbons (Fsp3) is 0.360. The molecule has 0 atom stereocenters. The van der Waals surface area contributed by atoms with Crippen LogP contribution in [0.1, 0.15) is 55.3 Å². The molecule has 4 rings (SSSR count). The molecule has 6 heteroatoms. The summed E-state index contributed by atoms with van der Waals surface area (Å²) in [7, 11) is 0. The fourth-order valence-electron chi connectivity index (χ4n) is 4.12. The number of H-pyrrole nitrogens is 1. The molecule has 0 radical (unpaired) electrons. The van der Waals surface area contributed by atoms with Crippen molar-refractivity contribution in [1.29, 1.82) is 0 Å². The van der Waals surface area contributed by atoms with Crippen LogP contribution in [-0.4, -0.2) is 28.6 Å². The number of carbonyl (C=O) groups excluding carboxylic acids is 2. The van der Waals surface area contributed by atoms with E-state index in [1.807, 2.05) is 48.7 Å². The van der Waals surface area contributed by atoms with E-state index in [1.54, 1.807) is 6.07 Å². The average Bonchev–Trinajstić information content (AvgIpc) is 3.22. The Balaban J connectivity index is 1.36. The van der Waals surface area contributed by atoms with Crippen molar-refractivity contribution in [2.24, 2.45) is 0 Å². The zero-order chi connectivity index (χ0) is 21.5. The molecule has 1 aromatic heterocycles. The Bertz CT molecular complexity index is 1040. The van der Waals surface area contributed by atoms with Crippen molar-refractivity contribution in [3.8, 4) is 0 Å². The molecule has 0 aliphatic heterocycles. The van der Waals surface area contributed by atoms with Gasteiger partial charge < -0.3 is 15.6 Å². The summed E-state index contributed by atoms with van der Waals surface area (Å²) in [6.45, 7) is 0. The second-order valence-corrected chi connectivity index (χ2v) is 9.15. The summed E-state index contributed by atoms with van der Waals surface area (Å²) < 4.78 is 0. The predicted molar refractivity (Wildman–Crippen MR) is 128 cm³/mol. The van der Waals surface area contributed by atoms with Gasteiger partial charge in [-0.1, -0.05) is 44.2 Å². The van der Waals surface area contributed by atoms with Gasteiger partial charge in [0, 0.05) is 33.7 Å². The highest BCUT2D eigenvalue weighted by Crippen LogP contribution is 2.25. The van der Waals surface area contributed by atoms with Gasteiger partial charge in [0.05, 0.1) is 11.3 Å². The lowest BCUT2D eigenvalue weighted by Crippen LogP contribution is -2.36. The topological polar surface area (TPSA) is 74.0 Å². The molecule has 5 nitrogen and oxygen atoms in total. The maximum Gasteiger partial charge on any atom is 0.256 e. The number of carbonyl (C=O) groups is 2. The molecule has 3 N–H and O–H groups in total. The van der Waals surface area contributed by atoms with Crippen LogP contribution in [0, 0.1) is 0 Å². The molecule has 2 amide bonds. The van der Waals surface area contributed by atoms with E-state index in [2.05, 4.69) is 15.6 Å². The van der Waals surface area contributed by atoms with E-state index in [-0.39, 0.29) is 17.9 Å².